The molecule has 166 valence electrons. The second kappa shape index (κ2) is 8.41. The topological polar surface area (TPSA) is 73.7 Å². The first kappa shape index (κ1) is 21.5. The normalized spacial score (nSPS) is 14.9. The van der Waals surface area contributed by atoms with Gasteiger partial charge in [0.1, 0.15) is 17.4 Å². The van der Waals surface area contributed by atoms with E-state index in [2.05, 4.69) is 5.10 Å². The Bertz CT molecular complexity index is 1210. The number of rotatable bonds is 5. The number of fused-ring (bicyclic) bond motifs is 1. The third-order valence-electron chi connectivity index (χ3n) is 5.57. The minimum absolute atomic E-state index is 0.148. The first-order chi connectivity index (χ1) is 15.3. The highest BCUT2D eigenvalue weighted by Gasteiger charge is 2.35. The van der Waals surface area contributed by atoms with Crippen molar-refractivity contribution >= 4 is 11.9 Å². The molecule has 1 aromatic heterocycles. The molecule has 2 heterocycles. The number of hydrogen-bond acceptors (Lipinski definition) is 5. The van der Waals surface area contributed by atoms with Gasteiger partial charge in [-0.2, -0.15) is 5.10 Å². The second-order valence-corrected chi connectivity index (χ2v) is 7.48. The Kier molecular flexibility index (Phi) is 5.65. The molecule has 0 N–H and O–H groups in total. The van der Waals surface area contributed by atoms with Crippen LogP contribution in [0.2, 0.25) is 0 Å². The fourth-order valence-corrected chi connectivity index (χ4v) is 3.84. The molecule has 0 aliphatic carbocycles. The molecule has 3 aromatic rings. The fourth-order valence-electron chi connectivity index (χ4n) is 3.84. The minimum atomic E-state index is -0.636. The number of carbonyl (C=O) groups is 2. The molecule has 0 spiro atoms. The van der Waals surface area contributed by atoms with Crippen molar-refractivity contribution in [2.24, 2.45) is 0 Å². The van der Waals surface area contributed by atoms with Crippen molar-refractivity contribution in [3.05, 3.63) is 82.2 Å². The number of methoxy groups -OCH3 is 2. The van der Waals surface area contributed by atoms with E-state index in [9.17, 15) is 18.4 Å². The van der Waals surface area contributed by atoms with Crippen molar-refractivity contribution in [2.45, 2.75) is 26.1 Å². The van der Waals surface area contributed by atoms with Gasteiger partial charge < -0.3 is 14.4 Å². The monoisotopic (exact) mass is 441 g/mol. The molecule has 0 saturated carbocycles. The largest absolute Gasteiger partial charge is 0.496 e. The summed E-state index contributed by atoms with van der Waals surface area (Å²) in [7, 11) is 2.72. The van der Waals surface area contributed by atoms with Crippen LogP contribution >= 0.6 is 0 Å². The van der Waals surface area contributed by atoms with Crippen molar-refractivity contribution in [2.75, 3.05) is 14.2 Å². The second-order valence-electron chi connectivity index (χ2n) is 7.48. The molecule has 7 nitrogen and oxygen atoms in total. The highest BCUT2D eigenvalue weighted by atomic mass is 19.1. The maximum atomic E-state index is 14.0. The molecule has 2 aromatic carbocycles. The van der Waals surface area contributed by atoms with Crippen molar-refractivity contribution < 1.29 is 27.8 Å². The van der Waals surface area contributed by atoms with Gasteiger partial charge >= 0.3 is 5.97 Å². The number of halogens is 2. The summed E-state index contributed by atoms with van der Waals surface area (Å²) in [6, 6.07) is 7.67. The smallest absolute Gasteiger partial charge is 0.337 e. The van der Waals surface area contributed by atoms with E-state index in [1.54, 1.807) is 21.8 Å². The summed E-state index contributed by atoms with van der Waals surface area (Å²) in [6.07, 6.45) is 1.76. The summed E-state index contributed by atoms with van der Waals surface area (Å²) in [6.45, 7) is 2.26. The van der Waals surface area contributed by atoms with Gasteiger partial charge in [0, 0.05) is 23.4 Å². The van der Waals surface area contributed by atoms with E-state index in [1.807, 2.05) is 6.92 Å². The molecule has 1 aliphatic heterocycles. The maximum absolute atomic E-state index is 14.0. The molecular formula is C23H21F2N3O4. The number of aromatic nitrogens is 2. The quantitative estimate of drug-likeness (QED) is 0.565. The molecule has 32 heavy (non-hydrogen) atoms. The summed E-state index contributed by atoms with van der Waals surface area (Å²) in [5.74, 6) is -1.79. The van der Waals surface area contributed by atoms with Gasteiger partial charge in [-0.15, -0.1) is 0 Å². The molecule has 1 aliphatic rings. The van der Waals surface area contributed by atoms with E-state index in [0.29, 0.717) is 17.0 Å². The van der Waals surface area contributed by atoms with Crippen molar-refractivity contribution in [3.8, 4) is 5.75 Å². The summed E-state index contributed by atoms with van der Waals surface area (Å²) in [5.41, 5.74) is 2.33. The molecule has 0 fully saturated rings. The zero-order valence-electron chi connectivity index (χ0n) is 17.8. The molecule has 1 amide bonds. The maximum Gasteiger partial charge on any atom is 0.337 e. The number of carbonyl (C=O) groups excluding carboxylic acids is 2. The van der Waals surface area contributed by atoms with Gasteiger partial charge in [-0.05, 0) is 31.2 Å². The number of hydrogen-bond donors (Lipinski definition) is 0. The third kappa shape index (κ3) is 3.81. The molecule has 0 radical (unpaired) electrons. The first-order valence-electron chi connectivity index (χ1n) is 9.89. The summed E-state index contributed by atoms with van der Waals surface area (Å²) < 4.78 is 38.8. The van der Waals surface area contributed by atoms with E-state index in [1.165, 1.54) is 38.5 Å². The van der Waals surface area contributed by atoms with Crippen molar-refractivity contribution in [1.29, 1.82) is 0 Å². The third-order valence-corrected chi connectivity index (χ3v) is 5.57. The van der Waals surface area contributed by atoms with Crippen LogP contribution in [-0.2, 0) is 17.8 Å². The van der Waals surface area contributed by atoms with Gasteiger partial charge in [0.15, 0.2) is 0 Å². The number of ether oxygens (including phenoxy) is 2. The molecule has 4 rings (SSSR count). The molecule has 1 atom stereocenters. The minimum Gasteiger partial charge on any atom is -0.496 e. The summed E-state index contributed by atoms with van der Waals surface area (Å²) >= 11 is 0. The Morgan fingerprint density at radius 1 is 1.16 bits per heavy atom. The van der Waals surface area contributed by atoms with Crippen LogP contribution in [0.1, 0.15) is 50.5 Å². The molecular weight excluding hydrogens is 420 g/mol. The Morgan fingerprint density at radius 2 is 1.94 bits per heavy atom. The van der Waals surface area contributed by atoms with Crippen LogP contribution in [0.5, 0.6) is 5.75 Å². The van der Waals surface area contributed by atoms with Crippen LogP contribution in [0.3, 0.4) is 0 Å². The van der Waals surface area contributed by atoms with Gasteiger partial charge in [-0.1, -0.05) is 6.07 Å². The Labute approximate surface area is 183 Å². The molecule has 9 heteroatoms. The van der Waals surface area contributed by atoms with Crippen molar-refractivity contribution in [3.63, 3.8) is 0 Å². The van der Waals surface area contributed by atoms with Gasteiger partial charge in [-0.25, -0.2) is 13.6 Å². The lowest BCUT2D eigenvalue weighted by Gasteiger charge is -2.23. The lowest BCUT2D eigenvalue weighted by atomic mass is 10.1. The number of esters is 1. The number of benzene rings is 2. The molecule has 0 saturated heterocycles. The first-order valence-corrected chi connectivity index (χ1v) is 9.89. The van der Waals surface area contributed by atoms with Gasteiger partial charge in [-0.3, -0.25) is 9.48 Å². The average molecular weight is 441 g/mol. The number of nitrogens with zero attached hydrogens (tertiary/aromatic N) is 3. The van der Waals surface area contributed by atoms with E-state index in [4.69, 9.17) is 9.47 Å². The zero-order valence-corrected chi connectivity index (χ0v) is 17.8. The predicted molar refractivity (Wildman–Crippen MR) is 110 cm³/mol. The summed E-state index contributed by atoms with van der Waals surface area (Å²) in [5, 5.41) is 4.48. The summed E-state index contributed by atoms with van der Waals surface area (Å²) in [4.78, 5) is 26.8. The highest BCUT2D eigenvalue weighted by Crippen LogP contribution is 2.35. The Morgan fingerprint density at radius 3 is 2.59 bits per heavy atom. The standard InChI is InChI=1S/C23H21F2N3O4/c1-13-18-11-27(10-15-4-6-16(24)9-19(15)25)26-20(18)12-28(13)22(29)17-8-14(23(30)32-3)5-7-21(17)31-2/h4-9,11,13H,10,12H2,1-3H3. The fraction of sp³-hybridized carbons (Fsp3) is 0.261. The van der Waals surface area contributed by atoms with E-state index < -0.39 is 17.6 Å². The predicted octanol–water partition coefficient (Wildman–Crippen LogP) is 3.72. The van der Waals surface area contributed by atoms with Crippen LogP contribution in [0.25, 0.3) is 0 Å². The van der Waals surface area contributed by atoms with Crippen LogP contribution in [0, 0.1) is 11.6 Å². The zero-order chi connectivity index (χ0) is 23.0. The molecule has 1 unspecified atom stereocenters. The van der Waals surface area contributed by atoms with Crippen molar-refractivity contribution in [1.82, 2.24) is 14.7 Å². The molecule has 0 bridgehead atoms. The van der Waals surface area contributed by atoms with Gasteiger partial charge in [0.05, 0.1) is 50.2 Å². The highest BCUT2D eigenvalue weighted by molar-refractivity contribution is 6.00. The number of amides is 1. The van der Waals surface area contributed by atoms with Gasteiger partial charge in [0.25, 0.3) is 5.91 Å². The van der Waals surface area contributed by atoms with Crippen LogP contribution < -0.4 is 4.74 Å². The van der Waals surface area contributed by atoms with Gasteiger partial charge in [0.2, 0.25) is 0 Å². The van der Waals surface area contributed by atoms with Crippen LogP contribution in [0.15, 0.2) is 42.6 Å². The lowest BCUT2D eigenvalue weighted by molar-refractivity contribution is 0.0600. The van der Waals surface area contributed by atoms with E-state index in [0.717, 1.165) is 11.6 Å². The SMILES string of the molecule is COC(=O)c1ccc(OC)c(C(=O)N2Cc3nn(Cc4ccc(F)cc4F)cc3C2C)c1. The Hall–Kier alpha value is -3.75. The average Bonchev–Trinajstić information content (AvgIpc) is 3.32. The van der Waals surface area contributed by atoms with Crippen LogP contribution in [-0.4, -0.2) is 40.8 Å². The lowest BCUT2D eigenvalue weighted by Crippen LogP contribution is -2.29. The Balaban J connectivity index is 1.57. The van der Waals surface area contributed by atoms with E-state index in [-0.39, 0.29) is 36.2 Å². The van der Waals surface area contributed by atoms with Crippen LogP contribution in [0.4, 0.5) is 8.78 Å². The van der Waals surface area contributed by atoms with E-state index >= 15 is 0 Å².